The number of fused-ring (bicyclic) bond motifs is 3. The van der Waals surface area contributed by atoms with Gasteiger partial charge in [0.15, 0.2) is 0 Å². The van der Waals surface area contributed by atoms with E-state index in [0.29, 0.717) is 62.5 Å². The highest BCUT2D eigenvalue weighted by Crippen LogP contribution is 2.38. The maximum absolute atomic E-state index is 15.5. The van der Waals surface area contributed by atoms with Crippen LogP contribution in [0.3, 0.4) is 0 Å². The highest BCUT2D eigenvalue weighted by molar-refractivity contribution is 6.08. The number of phenolic OH excluding ortho intramolecular Hbond substituents is 1. The van der Waals surface area contributed by atoms with Gasteiger partial charge in [0.2, 0.25) is 5.91 Å². The van der Waals surface area contributed by atoms with E-state index in [9.17, 15) is 14.7 Å². The van der Waals surface area contributed by atoms with Crippen LogP contribution in [0.2, 0.25) is 0 Å². The lowest BCUT2D eigenvalue weighted by atomic mass is 9.89. The number of aromatic nitrogens is 1. The minimum atomic E-state index is -0.126. The van der Waals surface area contributed by atoms with Crippen LogP contribution >= 0.6 is 0 Å². The number of carbonyl (C=O) groups excluding carboxylic acids is 3. The molecule has 298 valence electrons. The van der Waals surface area contributed by atoms with Crippen molar-refractivity contribution in [1.82, 2.24) is 19.3 Å². The number of ether oxygens (including phenoxy) is 1. The van der Waals surface area contributed by atoms with Gasteiger partial charge in [-0.2, -0.15) is 0 Å². The van der Waals surface area contributed by atoms with E-state index in [1.54, 1.807) is 36.2 Å². The van der Waals surface area contributed by atoms with Gasteiger partial charge in [-0.15, -0.1) is 0 Å². The van der Waals surface area contributed by atoms with E-state index in [0.717, 1.165) is 91.1 Å². The summed E-state index contributed by atoms with van der Waals surface area (Å²) in [5.41, 5.74) is 10.2. The lowest BCUT2D eigenvalue weighted by molar-refractivity contribution is -0.131. The lowest BCUT2D eigenvalue weighted by Crippen LogP contribution is -2.52. The molecule has 5 aromatic rings. The Hall–Kier alpha value is -5.71. The molecule has 3 amide bonds. The largest absolute Gasteiger partial charge is 0.508 e. The fourth-order valence-electron chi connectivity index (χ4n) is 9.38. The van der Waals surface area contributed by atoms with Crippen molar-refractivity contribution in [3.8, 4) is 17.0 Å². The van der Waals surface area contributed by atoms with Gasteiger partial charge in [0.05, 0.1) is 25.2 Å². The Morgan fingerprint density at radius 1 is 0.759 bits per heavy atom. The summed E-state index contributed by atoms with van der Waals surface area (Å²) >= 11 is 0. The zero-order chi connectivity index (χ0) is 39.8. The van der Waals surface area contributed by atoms with Crippen LogP contribution in [0.25, 0.3) is 11.3 Å². The predicted molar refractivity (Wildman–Crippen MR) is 224 cm³/mol. The quantitative estimate of drug-likeness (QED) is 0.193. The third kappa shape index (κ3) is 7.54. The number of hydrogen-bond acceptors (Lipinski definition) is 6. The molecule has 0 bridgehead atoms. The van der Waals surface area contributed by atoms with Crippen LogP contribution in [0, 0.1) is 0 Å². The van der Waals surface area contributed by atoms with Crippen LogP contribution in [0.15, 0.2) is 97.1 Å². The van der Waals surface area contributed by atoms with Crippen molar-refractivity contribution >= 4 is 23.4 Å². The highest BCUT2D eigenvalue weighted by atomic mass is 16.5. The van der Waals surface area contributed by atoms with Gasteiger partial charge in [-0.3, -0.25) is 19.3 Å². The lowest BCUT2D eigenvalue weighted by Gasteiger charge is -2.41. The summed E-state index contributed by atoms with van der Waals surface area (Å²) in [6.45, 7) is 6.11. The van der Waals surface area contributed by atoms with Crippen molar-refractivity contribution in [1.29, 1.82) is 0 Å². The number of aromatic hydroxyl groups is 1. The number of amides is 3. The van der Waals surface area contributed by atoms with E-state index in [2.05, 4.69) is 50.8 Å². The van der Waals surface area contributed by atoms with E-state index < -0.39 is 0 Å². The SMILES string of the molecule is CN(C(=O)c1cc(-c2cc3c(cc2C(=O)N2Cc4ccccc4C[C@H]2CN2CCOCC2)CN(C(=O)Cc2ccccc2)CC3)n2c1CCCC2)c1ccc(O)cc1. The van der Waals surface area contributed by atoms with Crippen molar-refractivity contribution in [2.45, 2.75) is 64.2 Å². The Morgan fingerprint density at radius 2 is 1.52 bits per heavy atom. The normalized spacial score (nSPS) is 17.9. The molecule has 1 saturated heterocycles. The molecule has 1 aromatic heterocycles. The van der Waals surface area contributed by atoms with Crippen molar-refractivity contribution in [2.24, 2.45) is 0 Å². The van der Waals surface area contributed by atoms with Crippen molar-refractivity contribution < 1.29 is 24.2 Å². The number of carbonyl (C=O) groups is 3. The topological polar surface area (TPSA) is 98.6 Å². The summed E-state index contributed by atoms with van der Waals surface area (Å²) in [6.07, 6.45) is 4.50. The molecule has 4 aromatic carbocycles. The van der Waals surface area contributed by atoms with Crippen LogP contribution in [-0.2, 0) is 54.8 Å². The van der Waals surface area contributed by atoms with Gasteiger partial charge in [0, 0.05) is 87.1 Å². The van der Waals surface area contributed by atoms with E-state index in [-0.39, 0.29) is 29.5 Å². The average Bonchev–Trinajstić information content (AvgIpc) is 3.65. The molecule has 4 aliphatic heterocycles. The van der Waals surface area contributed by atoms with Gasteiger partial charge >= 0.3 is 0 Å². The molecular weight excluding hydrogens is 727 g/mol. The second-order valence-corrected chi connectivity index (χ2v) is 16.2. The van der Waals surface area contributed by atoms with Gasteiger partial charge in [-0.25, -0.2) is 0 Å². The standard InChI is InChI=1S/C48H51N5O5/c1-49(38-14-16-40(54)17-15-38)47(56)43-29-45(52-19-8-7-13-44(43)52)41-27-35-18-20-51(46(55)25-33-9-3-2-4-10-33)30-37(35)28-42(41)48(57)53-31-36-12-6-5-11-34(36)26-39(53)32-50-21-23-58-24-22-50/h2-6,9-12,14-17,27-29,39,54H,7-8,13,18-26,30-32H2,1H3/t39-/m0/s1. The molecule has 0 radical (unpaired) electrons. The van der Waals surface area contributed by atoms with Gasteiger partial charge in [-0.05, 0) is 102 Å². The molecule has 10 heteroatoms. The third-order valence-corrected chi connectivity index (χ3v) is 12.6. The summed E-state index contributed by atoms with van der Waals surface area (Å²) in [7, 11) is 1.77. The minimum Gasteiger partial charge on any atom is -0.508 e. The number of morpholine rings is 1. The first-order valence-corrected chi connectivity index (χ1v) is 20.8. The number of hydrogen-bond donors (Lipinski definition) is 1. The molecule has 1 fully saturated rings. The van der Waals surface area contributed by atoms with Crippen molar-refractivity contribution in [2.75, 3.05) is 51.3 Å². The van der Waals surface area contributed by atoms with Crippen LogP contribution in [0.5, 0.6) is 5.75 Å². The van der Waals surface area contributed by atoms with Crippen LogP contribution < -0.4 is 4.90 Å². The summed E-state index contributed by atoms with van der Waals surface area (Å²) in [6, 6.07) is 31.2. The van der Waals surface area contributed by atoms with Crippen LogP contribution in [0.4, 0.5) is 5.69 Å². The summed E-state index contributed by atoms with van der Waals surface area (Å²) in [5, 5.41) is 9.91. The highest BCUT2D eigenvalue weighted by Gasteiger charge is 2.36. The maximum atomic E-state index is 15.5. The van der Waals surface area contributed by atoms with Gasteiger partial charge in [-0.1, -0.05) is 54.6 Å². The molecule has 4 aliphatic rings. The van der Waals surface area contributed by atoms with Crippen LogP contribution in [-0.4, -0.2) is 94.6 Å². The Bertz CT molecular complexity index is 2330. The van der Waals surface area contributed by atoms with Crippen molar-refractivity contribution in [3.63, 3.8) is 0 Å². The Labute approximate surface area is 340 Å². The Balaban J connectivity index is 1.13. The molecule has 1 N–H and O–H groups in total. The zero-order valence-corrected chi connectivity index (χ0v) is 33.2. The fourth-order valence-corrected chi connectivity index (χ4v) is 9.38. The second-order valence-electron chi connectivity index (χ2n) is 16.2. The first-order chi connectivity index (χ1) is 28.3. The average molecular weight is 778 g/mol. The van der Waals surface area contributed by atoms with Gasteiger partial charge < -0.3 is 29.1 Å². The van der Waals surface area contributed by atoms with E-state index >= 15 is 4.79 Å². The number of benzene rings is 4. The number of anilines is 1. The summed E-state index contributed by atoms with van der Waals surface area (Å²) in [4.78, 5) is 51.6. The monoisotopic (exact) mass is 777 g/mol. The molecule has 1 atom stereocenters. The molecule has 58 heavy (non-hydrogen) atoms. The Morgan fingerprint density at radius 3 is 2.31 bits per heavy atom. The predicted octanol–water partition coefficient (Wildman–Crippen LogP) is 6.50. The maximum Gasteiger partial charge on any atom is 0.259 e. The third-order valence-electron chi connectivity index (χ3n) is 12.6. The molecule has 10 nitrogen and oxygen atoms in total. The number of rotatable bonds is 8. The number of phenols is 1. The number of nitrogens with zero attached hydrogens (tertiary/aromatic N) is 5. The van der Waals surface area contributed by atoms with E-state index in [1.807, 2.05) is 41.3 Å². The second kappa shape index (κ2) is 16.3. The first-order valence-electron chi connectivity index (χ1n) is 20.8. The molecule has 5 heterocycles. The van der Waals surface area contributed by atoms with Crippen LogP contribution in [0.1, 0.15) is 67.1 Å². The Kier molecular flexibility index (Phi) is 10.6. The molecule has 0 saturated carbocycles. The van der Waals surface area contributed by atoms with E-state index in [1.165, 1.54) is 5.56 Å². The molecule has 9 rings (SSSR count). The zero-order valence-electron chi connectivity index (χ0n) is 33.2. The molecule has 0 aliphatic carbocycles. The van der Waals surface area contributed by atoms with Gasteiger partial charge in [0.25, 0.3) is 11.8 Å². The fraction of sp³-hybridized carbons (Fsp3) is 0.354. The molecular formula is C48H51N5O5. The molecule has 0 spiro atoms. The molecule has 0 unspecified atom stereocenters. The van der Waals surface area contributed by atoms with E-state index in [4.69, 9.17) is 4.74 Å². The van der Waals surface area contributed by atoms with Crippen molar-refractivity contribution in [3.05, 3.63) is 142 Å². The first kappa shape index (κ1) is 37.8. The summed E-state index contributed by atoms with van der Waals surface area (Å²) < 4.78 is 7.96. The smallest absolute Gasteiger partial charge is 0.259 e. The van der Waals surface area contributed by atoms with Gasteiger partial charge in [0.1, 0.15) is 5.75 Å². The minimum absolute atomic E-state index is 0.0289. The summed E-state index contributed by atoms with van der Waals surface area (Å²) in [5.74, 6) is 0.0670.